The van der Waals surface area contributed by atoms with E-state index in [1.165, 1.54) is 36.9 Å². The lowest BCUT2D eigenvalue weighted by atomic mass is 9.70. The normalized spacial score (nSPS) is 27.0. The Labute approximate surface area is 125 Å². The fraction of sp³-hybridized carbons (Fsp3) is 0.684. The summed E-state index contributed by atoms with van der Waals surface area (Å²) in [6, 6.07) is 7.57. The second-order valence-corrected chi connectivity index (χ2v) is 7.21. The molecule has 0 bridgehead atoms. The average molecular weight is 273 g/mol. The Bertz CT molecular complexity index is 435. The summed E-state index contributed by atoms with van der Waals surface area (Å²) >= 11 is 0. The largest absolute Gasteiger partial charge is 0.314 e. The van der Waals surface area contributed by atoms with E-state index < -0.39 is 0 Å². The van der Waals surface area contributed by atoms with E-state index in [1.54, 1.807) is 5.56 Å². The molecule has 0 amide bonds. The van der Waals surface area contributed by atoms with E-state index in [2.05, 4.69) is 58.1 Å². The molecule has 0 aliphatic heterocycles. The number of nitrogens with one attached hydrogen (secondary N) is 1. The molecule has 3 atom stereocenters. The zero-order valence-electron chi connectivity index (χ0n) is 13.9. The smallest absolute Gasteiger partial charge is 0.00104 e. The molecule has 1 nitrogen and oxygen atoms in total. The van der Waals surface area contributed by atoms with Gasteiger partial charge in [-0.2, -0.15) is 0 Å². The molecule has 1 aliphatic rings. The van der Waals surface area contributed by atoms with E-state index in [4.69, 9.17) is 0 Å². The first-order valence-corrected chi connectivity index (χ1v) is 8.28. The molecule has 1 N–H and O–H groups in total. The molecular formula is C19H31N. The second-order valence-electron chi connectivity index (χ2n) is 7.21. The Balaban J connectivity index is 2.20. The van der Waals surface area contributed by atoms with Crippen molar-refractivity contribution >= 4 is 0 Å². The molecule has 0 spiro atoms. The highest BCUT2D eigenvalue weighted by Gasteiger charge is 2.30. The number of aryl methyl sites for hydroxylation is 2. The fourth-order valence-electron chi connectivity index (χ4n) is 3.62. The van der Waals surface area contributed by atoms with Crippen LogP contribution in [0.2, 0.25) is 0 Å². The van der Waals surface area contributed by atoms with Gasteiger partial charge in [0.2, 0.25) is 0 Å². The lowest BCUT2D eigenvalue weighted by Crippen LogP contribution is -2.35. The van der Waals surface area contributed by atoms with Crippen LogP contribution in [0.15, 0.2) is 18.2 Å². The van der Waals surface area contributed by atoms with Gasteiger partial charge >= 0.3 is 0 Å². The van der Waals surface area contributed by atoms with Gasteiger partial charge < -0.3 is 5.32 Å². The molecule has 0 radical (unpaired) electrons. The molecule has 3 unspecified atom stereocenters. The Hall–Kier alpha value is -0.820. The molecule has 0 heterocycles. The quantitative estimate of drug-likeness (QED) is 0.829. The molecule has 2 rings (SSSR count). The molecule has 1 fully saturated rings. The highest BCUT2D eigenvalue weighted by atomic mass is 14.9. The van der Waals surface area contributed by atoms with Crippen LogP contribution in [0.3, 0.4) is 0 Å². The number of hydrogen-bond donors (Lipinski definition) is 1. The van der Waals surface area contributed by atoms with Gasteiger partial charge in [-0.1, -0.05) is 51.0 Å². The third-order valence-electron chi connectivity index (χ3n) is 4.88. The minimum Gasteiger partial charge on any atom is -0.314 e. The van der Waals surface area contributed by atoms with Crippen molar-refractivity contribution < 1.29 is 0 Å². The Morgan fingerprint density at radius 2 is 1.95 bits per heavy atom. The van der Waals surface area contributed by atoms with E-state index in [9.17, 15) is 0 Å². The van der Waals surface area contributed by atoms with Gasteiger partial charge in [0, 0.05) is 6.04 Å². The molecule has 112 valence electrons. The van der Waals surface area contributed by atoms with Crippen molar-refractivity contribution in [2.45, 2.75) is 65.8 Å². The van der Waals surface area contributed by atoms with Gasteiger partial charge in [-0.25, -0.2) is 0 Å². The highest BCUT2D eigenvalue weighted by Crippen LogP contribution is 2.41. The van der Waals surface area contributed by atoms with Crippen LogP contribution in [0.1, 0.15) is 62.6 Å². The van der Waals surface area contributed by atoms with Crippen LogP contribution in [0, 0.1) is 25.7 Å². The predicted molar refractivity (Wildman–Crippen MR) is 88.3 cm³/mol. The summed E-state index contributed by atoms with van der Waals surface area (Å²) < 4.78 is 0. The Morgan fingerprint density at radius 3 is 2.65 bits per heavy atom. The predicted octanol–water partition coefficient (Wildman–Crippen LogP) is 4.82. The highest BCUT2D eigenvalue weighted by molar-refractivity contribution is 5.34. The first-order chi connectivity index (χ1) is 9.47. The summed E-state index contributed by atoms with van der Waals surface area (Å²) in [5.74, 6) is 2.41. The summed E-state index contributed by atoms with van der Waals surface area (Å²) in [6.45, 7) is 12.6. The molecule has 1 aliphatic carbocycles. The first kappa shape index (κ1) is 15.6. The van der Waals surface area contributed by atoms with Gasteiger partial charge in [0.1, 0.15) is 0 Å². The Kier molecular flexibility index (Phi) is 5.26. The number of rotatable bonds is 4. The molecule has 1 aromatic carbocycles. The van der Waals surface area contributed by atoms with E-state index in [-0.39, 0.29) is 0 Å². The van der Waals surface area contributed by atoms with Crippen LogP contribution in [-0.2, 0) is 0 Å². The second kappa shape index (κ2) is 6.76. The van der Waals surface area contributed by atoms with Crippen LogP contribution in [0.25, 0.3) is 0 Å². The lowest BCUT2D eigenvalue weighted by molar-refractivity contribution is 0.237. The van der Waals surface area contributed by atoms with Crippen molar-refractivity contribution in [3.8, 4) is 0 Å². The maximum Gasteiger partial charge on any atom is 0.00104 e. The van der Waals surface area contributed by atoms with Crippen LogP contribution in [0.4, 0.5) is 0 Å². The van der Waals surface area contributed by atoms with Crippen molar-refractivity contribution in [3.63, 3.8) is 0 Å². The van der Waals surface area contributed by atoms with Crippen molar-refractivity contribution in [2.75, 3.05) is 6.54 Å². The van der Waals surface area contributed by atoms with Gasteiger partial charge in [0.25, 0.3) is 0 Å². The summed E-state index contributed by atoms with van der Waals surface area (Å²) in [7, 11) is 0. The molecule has 0 aromatic heterocycles. The summed E-state index contributed by atoms with van der Waals surface area (Å²) in [5.41, 5.74) is 4.48. The van der Waals surface area contributed by atoms with Crippen molar-refractivity contribution in [1.29, 1.82) is 0 Å². The van der Waals surface area contributed by atoms with E-state index >= 15 is 0 Å². The molecule has 20 heavy (non-hydrogen) atoms. The van der Waals surface area contributed by atoms with Gasteiger partial charge in [0.05, 0.1) is 0 Å². The van der Waals surface area contributed by atoms with Gasteiger partial charge in [-0.15, -0.1) is 0 Å². The fourth-order valence-corrected chi connectivity index (χ4v) is 3.62. The minimum absolute atomic E-state index is 0.591. The maximum absolute atomic E-state index is 3.66. The Morgan fingerprint density at radius 1 is 1.20 bits per heavy atom. The molecule has 1 heteroatoms. The minimum atomic E-state index is 0.591. The molecule has 1 aromatic rings. The van der Waals surface area contributed by atoms with Crippen LogP contribution >= 0.6 is 0 Å². The van der Waals surface area contributed by atoms with Gasteiger partial charge in [-0.05, 0) is 62.1 Å². The van der Waals surface area contributed by atoms with E-state index in [1.807, 2.05) is 0 Å². The zero-order chi connectivity index (χ0) is 14.7. The van der Waals surface area contributed by atoms with Crippen molar-refractivity contribution in [2.24, 2.45) is 11.8 Å². The van der Waals surface area contributed by atoms with Crippen LogP contribution in [-0.4, -0.2) is 12.6 Å². The maximum atomic E-state index is 3.66. The van der Waals surface area contributed by atoms with Gasteiger partial charge in [0.15, 0.2) is 0 Å². The topological polar surface area (TPSA) is 12.0 Å². The average Bonchev–Trinajstić information content (AvgIpc) is 2.40. The number of benzene rings is 1. The summed E-state index contributed by atoms with van der Waals surface area (Å²) in [6.07, 6.45) is 4.12. The first-order valence-electron chi connectivity index (χ1n) is 8.28. The van der Waals surface area contributed by atoms with Crippen LogP contribution < -0.4 is 5.32 Å². The summed E-state index contributed by atoms with van der Waals surface area (Å²) in [4.78, 5) is 0. The monoisotopic (exact) mass is 273 g/mol. The van der Waals surface area contributed by atoms with E-state index in [0.717, 1.165) is 17.8 Å². The van der Waals surface area contributed by atoms with E-state index in [0.29, 0.717) is 6.04 Å². The molecule has 0 saturated heterocycles. The third kappa shape index (κ3) is 3.85. The summed E-state index contributed by atoms with van der Waals surface area (Å²) in [5, 5.41) is 3.66. The lowest BCUT2D eigenvalue weighted by Gasteiger charge is -2.37. The molecular weight excluding hydrogens is 242 g/mol. The van der Waals surface area contributed by atoms with Crippen molar-refractivity contribution in [3.05, 3.63) is 34.9 Å². The number of hydrogen-bond acceptors (Lipinski definition) is 1. The van der Waals surface area contributed by atoms with Crippen LogP contribution in [0.5, 0.6) is 0 Å². The van der Waals surface area contributed by atoms with Gasteiger partial charge in [-0.3, -0.25) is 0 Å². The standard InChI is InChI=1S/C19H31N/c1-13(2)20-12-17-9-7-15(4)11-19(17)18-10-14(3)6-8-16(18)5/h6,8,10,13,15,17,19-20H,7,9,11-12H2,1-5H3. The SMILES string of the molecule is Cc1ccc(C)c(C2CC(C)CCC2CNC(C)C)c1. The molecule has 1 saturated carbocycles. The van der Waals surface area contributed by atoms with Crippen molar-refractivity contribution in [1.82, 2.24) is 5.32 Å². The zero-order valence-corrected chi connectivity index (χ0v) is 13.9. The third-order valence-corrected chi connectivity index (χ3v) is 4.88.